The molecule has 1 rings (SSSR count). The van der Waals surface area contributed by atoms with E-state index in [0.717, 1.165) is 12.1 Å². The molecule has 1 aromatic carbocycles. The van der Waals surface area contributed by atoms with Crippen molar-refractivity contribution in [2.75, 3.05) is 0 Å². The fraction of sp³-hybridized carbons (Fsp3) is 0. The first-order chi connectivity index (χ1) is 6.61. The number of carbonyl (C=O) groups excluding carboxylic acids is 1. The third-order valence-corrected chi connectivity index (χ3v) is 1.52. The highest BCUT2D eigenvalue weighted by Crippen LogP contribution is 2.07. The Morgan fingerprint density at radius 2 is 1.86 bits per heavy atom. The van der Waals surface area contributed by atoms with Gasteiger partial charge in [0.1, 0.15) is 5.82 Å². The Balaban J connectivity index is 2.91. The van der Waals surface area contributed by atoms with Crippen LogP contribution in [0.3, 0.4) is 0 Å². The average molecular weight is 194 g/mol. The summed E-state index contributed by atoms with van der Waals surface area (Å²) in [5, 5.41) is 8.25. The van der Waals surface area contributed by atoms with E-state index in [2.05, 4.69) is 0 Å². The number of carboxylic acids is 1. The van der Waals surface area contributed by atoms with Gasteiger partial charge in [0.25, 0.3) is 0 Å². The number of hydrogen-bond donors (Lipinski definition) is 1. The summed E-state index contributed by atoms with van der Waals surface area (Å²) in [4.78, 5) is 21.3. The smallest absolute Gasteiger partial charge is 0.328 e. The number of rotatable bonds is 3. The lowest BCUT2D eigenvalue weighted by molar-refractivity contribution is -0.131. The van der Waals surface area contributed by atoms with Crippen molar-refractivity contribution in [3.63, 3.8) is 0 Å². The van der Waals surface area contributed by atoms with Crippen molar-refractivity contribution >= 4 is 11.8 Å². The van der Waals surface area contributed by atoms with E-state index in [9.17, 15) is 14.0 Å². The number of ketones is 1. The molecule has 1 aromatic rings. The zero-order valence-electron chi connectivity index (χ0n) is 7.11. The molecule has 0 aliphatic carbocycles. The monoisotopic (exact) mass is 194 g/mol. The quantitative estimate of drug-likeness (QED) is 0.588. The number of aliphatic carboxylic acids is 1. The Kier molecular flexibility index (Phi) is 3.12. The Hall–Kier alpha value is -1.97. The summed E-state index contributed by atoms with van der Waals surface area (Å²) < 4.78 is 13.0. The summed E-state index contributed by atoms with van der Waals surface area (Å²) in [5.41, 5.74) is -0.134. The maximum Gasteiger partial charge on any atom is 0.328 e. The highest BCUT2D eigenvalue weighted by Gasteiger charge is 2.07. The average Bonchev–Trinajstić information content (AvgIpc) is 2.15. The van der Waals surface area contributed by atoms with E-state index >= 15 is 0 Å². The lowest BCUT2D eigenvalue weighted by Gasteiger charge is -1.95. The first-order valence-electron chi connectivity index (χ1n) is 3.81. The van der Waals surface area contributed by atoms with E-state index in [1.54, 1.807) is 0 Å². The van der Waals surface area contributed by atoms with Gasteiger partial charge in [-0.1, -0.05) is 12.1 Å². The van der Waals surface area contributed by atoms with Crippen LogP contribution in [0.1, 0.15) is 10.4 Å². The molecule has 0 amide bonds. The summed E-state index contributed by atoms with van der Waals surface area (Å²) in [6.45, 7) is 0. The Morgan fingerprint density at radius 1 is 1.21 bits per heavy atom. The summed E-state index contributed by atoms with van der Waals surface area (Å²) >= 11 is 0. The fourth-order valence-electron chi connectivity index (χ4n) is 0.898. The molecule has 0 bridgehead atoms. The maximum atomic E-state index is 13.0. The molecule has 0 saturated heterocycles. The van der Waals surface area contributed by atoms with Crippen LogP contribution in [0.15, 0.2) is 36.4 Å². The van der Waals surface area contributed by atoms with Crippen molar-refractivity contribution in [3.05, 3.63) is 47.8 Å². The standard InChI is InChI=1S/C10H7FO3/c11-8-4-2-1-3-7(8)9(12)5-6-10(13)14/h1-6H,(H,13,14)/b6-5+. The van der Waals surface area contributed by atoms with Gasteiger partial charge < -0.3 is 5.11 Å². The van der Waals surface area contributed by atoms with Gasteiger partial charge in [-0.3, -0.25) is 4.79 Å². The van der Waals surface area contributed by atoms with Crippen molar-refractivity contribution in [1.82, 2.24) is 0 Å². The second kappa shape index (κ2) is 4.32. The molecule has 0 aromatic heterocycles. The molecular formula is C10H7FO3. The number of allylic oxidation sites excluding steroid dienone is 1. The molecule has 0 aliphatic heterocycles. The van der Waals surface area contributed by atoms with Crippen LogP contribution in [0.5, 0.6) is 0 Å². The number of carboxylic acid groups (broad SMARTS) is 1. The van der Waals surface area contributed by atoms with Gasteiger partial charge in [0, 0.05) is 6.08 Å². The zero-order chi connectivity index (χ0) is 10.6. The van der Waals surface area contributed by atoms with E-state index < -0.39 is 17.6 Å². The van der Waals surface area contributed by atoms with Crippen LogP contribution >= 0.6 is 0 Å². The van der Waals surface area contributed by atoms with Crippen LogP contribution in [0.2, 0.25) is 0 Å². The normalized spacial score (nSPS) is 10.4. The van der Waals surface area contributed by atoms with Crippen molar-refractivity contribution in [2.45, 2.75) is 0 Å². The number of hydrogen-bond acceptors (Lipinski definition) is 2. The van der Waals surface area contributed by atoms with Crippen LogP contribution in [-0.2, 0) is 4.79 Å². The van der Waals surface area contributed by atoms with Crippen LogP contribution in [0, 0.1) is 5.82 Å². The second-order valence-corrected chi connectivity index (χ2v) is 2.52. The molecule has 0 aliphatic rings. The lowest BCUT2D eigenvalue weighted by Crippen LogP contribution is -1.99. The predicted molar refractivity (Wildman–Crippen MR) is 47.5 cm³/mol. The van der Waals surface area contributed by atoms with Gasteiger partial charge in [0.15, 0.2) is 5.78 Å². The Bertz CT molecular complexity index is 396. The van der Waals surface area contributed by atoms with Gasteiger partial charge >= 0.3 is 5.97 Å². The second-order valence-electron chi connectivity index (χ2n) is 2.52. The van der Waals surface area contributed by atoms with Gasteiger partial charge in [-0.05, 0) is 18.2 Å². The Labute approximate surface area is 79.5 Å². The third kappa shape index (κ3) is 2.52. The highest BCUT2D eigenvalue weighted by atomic mass is 19.1. The van der Waals surface area contributed by atoms with E-state index in [-0.39, 0.29) is 5.56 Å². The Morgan fingerprint density at radius 3 is 2.43 bits per heavy atom. The number of carbonyl (C=O) groups is 2. The van der Waals surface area contributed by atoms with Gasteiger partial charge in [-0.2, -0.15) is 0 Å². The van der Waals surface area contributed by atoms with Crippen LogP contribution in [-0.4, -0.2) is 16.9 Å². The van der Waals surface area contributed by atoms with Crippen LogP contribution in [0.4, 0.5) is 4.39 Å². The molecule has 1 N–H and O–H groups in total. The summed E-state index contributed by atoms with van der Waals surface area (Å²) in [6, 6.07) is 5.39. The van der Waals surface area contributed by atoms with Gasteiger partial charge in [-0.15, -0.1) is 0 Å². The molecule has 72 valence electrons. The molecule has 0 spiro atoms. The zero-order valence-corrected chi connectivity index (χ0v) is 7.11. The molecule has 0 radical (unpaired) electrons. The van der Waals surface area contributed by atoms with E-state index in [1.165, 1.54) is 18.2 Å². The first kappa shape index (κ1) is 10.1. The van der Waals surface area contributed by atoms with Gasteiger partial charge in [0.05, 0.1) is 5.56 Å². The highest BCUT2D eigenvalue weighted by molar-refractivity contribution is 6.06. The number of benzene rings is 1. The number of halogens is 1. The predicted octanol–water partition coefficient (Wildman–Crippen LogP) is 1.65. The molecule has 3 nitrogen and oxygen atoms in total. The molecule has 0 saturated carbocycles. The van der Waals surface area contributed by atoms with E-state index in [4.69, 9.17) is 5.11 Å². The van der Waals surface area contributed by atoms with Crippen molar-refractivity contribution in [3.8, 4) is 0 Å². The summed E-state index contributed by atoms with van der Waals surface area (Å²) in [7, 11) is 0. The van der Waals surface area contributed by atoms with E-state index in [1.807, 2.05) is 0 Å². The van der Waals surface area contributed by atoms with Crippen molar-refractivity contribution in [1.29, 1.82) is 0 Å². The van der Waals surface area contributed by atoms with Crippen molar-refractivity contribution in [2.24, 2.45) is 0 Å². The molecule has 0 atom stereocenters. The summed E-state index contributed by atoms with van der Waals surface area (Å²) in [5.74, 6) is -2.56. The molecule has 14 heavy (non-hydrogen) atoms. The molecule has 0 heterocycles. The fourth-order valence-corrected chi connectivity index (χ4v) is 0.898. The minimum atomic E-state index is -1.24. The lowest BCUT2D eigenvalue weighted by atomic mass is 10.1. The van der Waals surface area contributed by atoms with E-state index in [0.29, 0.717) is 6.08 Å². The van der Waals surface area contributed by atoms with Gasteiger partial charge in [0.2, 0.25) is 0 Å². The first-order valence-corrected chi connectivity index (χ1v) is 3.81. The third-order valence-electron chi connectivity index (χ3n) is 1.52. The van der Waals surface area contributed by atoms with Gasteiger partial charge in [-0.25, -0.2) is 9.18 Å². The minimum absolute atomic E-state index is 0.134. The molecule has 4 heteroatoms. The molecule has 0 unspecified atom stereocenters. The minimum Gasteiger partial charge on any atom is -0.478 e. The molecule has 0 fully saturated rings. The topological polar surface area (TPSA) is 54.4 Å². The van der Waals surface area contributed by atoms with Crippen LogP contribution < -0.4 is 0 Å². The van der Waals surface area contributed by atoms with Crippen LogP contribution in [0.25, 0.3) is 0 Å². The maximum absolute atomic E-state index is 13.0. The van der Waals surface area contributed by atoms with Crippen molar-refractivity contribution < 1.29 is 19.1 Å². The summed E-state index contributed by atoms with van der Waals surface area (Å²) in [6.07, 6.45) is 1.50. The largest absolute Gasteiger partial charge is 0.478 e. The molecular weight excluding hydrogens is 187 g/mol. The SMILES string of the molecule is O=C(O)/C=C/C(=O)c1ccccc1F.